The van der Waals surface area contributed by atoms with Gasteiger partial charge in [0.25, 0.3) is 6.71 Å². The van der Waals surface area contributed by atoms with Crippen LogP contribution in [0, 0.1) is 6.92 Å². The van der Waals surface area contributed by atoms with E-state index in [2.05, 4.69) is 241 Å². The van der Waals surface area contributed by atoms with E-state index >= 15 is 0 Å². The van der Waals surface area contributed by atoms with Crippen LogP contribution >= 0.6 is 0 Å². The van der Waals surface area contributed by atoms with Crippen LogP contribution in [0.1, 0.15) is 102 Å². The fraction of sp³-hybridized carbons (Fsp3) is 0.250. The lowest BCUT2D eigenvalue weighted by atomic mass is 9.33. The van der Waals surface area contributed by atoms with Gasteiger partial charge < -0.3 is 19.1 Å². The summed E-state index contributed by atoms with van der Waals surface area (Å²) in [5.41, 5.74) is 23.6. The van der Waals surface area contributed by atoms with Gasteiger partial charge in [-0.05, 0) is 171 Å². The van der Waals surface area contributed by atoms with Crippen LogP contribution in [0.2, 0.25) is 0 Å². The highest BCUT2D eigenvalue weighted by Crippen LogP contribution is 2.55. The number of hydrogen-bond acceptors (Lipinski definition) is 4. The zero-order valence-corrected chi connectivity index (χ0v) is 41.5. The summed E-state index contributed by atoms with van der Waals surface area (Å²) in [4.78, 5) is 7.59. The smallest absolute Gasteiger partial charge is 0.252 e. The Morgan fingerprint density at radius 1 is 0.449 bits per heavy atom. The van der Waals surface area contributed by atoms with Crippen LogP contribution in [-0.2, 0) is 21.7 Å². The molecule has 0 N–H and O–H groups in total. The Hall–Kier alpha value is -6.98. The normalized spacial score (nSPS) is 17.6. The van der Waals surface area contributed by atoms with Gasteiger partial charge in [-0.2, -0.15) is 0 Å². The molecule has 0 spiro atoms. The van der Waals surface area contributed by atoms with Crippen LogP contribution in [0.5, 0.6) is 0 Å². The summed E-state index contributed by atoms with van der Waals surface area (Å²) in [6.45, 7) is 21.9. The maximum Gasteiger partial charge on any atom is 0.252 e. The number of furan rings is 1. The maximum atomic E-state index is 6.98. The number of para-hydroxylation sites is 4. The Balaban J connectivity index is 1.14. The molecule has 13 rings (SSSR count). The van der Waals surface area contributed by atoms with Crippen LogP contribution in [0.4, 0.5) is 51.2 Å². The van der Waals surface area contributed by atoms with Gasteiger partial charge in [-0.15, -0.1) is 0 Å². The van der Waals surface area contributed by atoms with Crippen molar-refractivity contribution in [3.63, 3.8) is 0 Å². The molecular formula is C64H60BN3O. The molecule has 69 heavy (non-hydrogen) atoms. The first kappa shape index (κ1) is 42.2. The minimum absolute atomic E-state index is 0.0205. The van der Waals surface area contributed by atoms with E-state index in [1.807, 2.05) is 0 Å². The highest BCUT2D eigenvalue weighted by atomic mass is 16.3. The average molecular weight is 898 g/mol. The maximum absolute atomic E-state index is 6.98. The van der Waals surface area contributed by atoms with Gasteiger partial charge in [-0.25, -0.2) is 0 Å². The fourth-order valence-electron chi connectivity index (χ4n) is 13.5. The number of nitrogens with zero attached hydrogens (tertiary/aromatic N) is 3. The molecule has 0 radical (unpaired) electrons. The van der Waals surface area contributed by atoms with Crippen molar-refractivity contribution in [3.8, 4) is 0 Å². The van der Waals surface area contributed by atoms with E-state index < -0.39 is 0 Å². The van der Waals surface area contributed by atoms with Crippen LogP contribution in [0.15, 0.2) is 168 Å². The molecule has 2 aliphatic heterocycles. The molecule has 0 fully saturated rings. The fourth-order valence-corrected chi connectivity index (χ4v) is 13.5. The molecule has 4 aliphatic rings. The van der Waals surface area contributed by atoms with Gasteiger partial charge in [-0.1, -0.05) is 140 Å². The number of hydrogen-bond donors (Lipinski definition) is 0. The van der Waals surface area contributed by atoms with Crippen LogP contribution in [-0.4, -0.2) is 6.71 Å². The second-order valence-corrected chi connectivity index (χ2v) is 23.2. The Morgan fingerprint density at radius 2 is 1.04 bits per heavy atom. The molecule has 0 saturated heterocycles. The van der Waals surface area contributed by atoms with Gasteiger partial charge in [0, 0.05) is 56.3 Å². The number of fused-ring (bicyclic) bond motifs is 9. The number of aryl methyl sites for hydroxylation is 1. The number of rotatable bonds is 5. The second-order valence-electron chi connectivity index (χ2n) is 23.2. The van der Waals surface area contributed by atoms with Gasteiger partial charge >= 0.3 is 0 Å². The first-order chi connectivity index (χ1) is 33.1. The van der Waals surface area contributed by atoms with E-state index in [4.69, 9.17) is 4.42 Å². The minimum Gasteiger partial charge on any atom is -0.454 e. The summed E-state index contributed by atoms with van der Waals surface area (Å²) < 4.78 is 6.98. The molecule has 9 aromatic rings. The Morgan fingerprint density at radius 3 is 1.75 bits per heavy atom. The average Bonchev–Trinajstić information content (AvgIpc) is 3.80. The third-order valence-electron chi connectivity index (χ3n) is 16.7. The number of anilines is 9. The molecule has 0 unspecified atom stereocenters. The topological polar surface area (TPSA) is 22.9 Å². The molecule has 3 heterocycles. The molecule has 0 atom stereocenters. The first-order valence-corrected chi connectivity index (χ1v) is 25.1. The van der Waals surface area contributed by atoms with Crippen LogP contribution in [0.25, 0.3) is 21.9 Å². The second kappa shape index (κ2) is 14.5. The SMILES string of the molecule is Cc1cc2c3c(c1)N(c1cccc4c1oc1ccccc14)c1cc(N(c4ccccc4)c4ccccc4)ccc1B3c1cc3c(cc1N2c1ccc2c(c1)C(C)(C)CCC2(C)C)C(C)(C)CC3(C)C. The molecule has 8 aromatic carbocycles. The van der Waals surface area contributed by atoms with Crippen molar-refractivity contribution in [3.05, 3.63) is 192 Å². The summed E-state index contributed by atoms with van der Waals surface area (Å²) in [5.74, 6) is 0. The van der Waals surface area contributed by atoms with Crippen molar-refractivity contribution in [1.82, 2.24) is 0 Å². The van der Waals surface area contributed by atoms with Gasteiger partial charge in [0.15, 0.2) is 5.58 Å². The summed E-state index contributed by atoms with van der Waals surface area (Å²) in [7, 11) is 0. The Labute approximate surface area is 408 Å². The number of benzene rings is 8. The summed E-state index contributed by atoms with van der Waals surface area (Å²) in [6.07, 6.45) is 3.46. The Kier molecular flexibility index (Phi) is 8.87. The Bertz CT molecular complexity index is 3540. The minimum atomic E-state index is -0.0308. The van der Waals surface area contributed by atoms with Crippen molar-refractivity contribution in [2.45, 2.75) is 103 Å². The monoisotopic (exact) mass is 897 g/mol. The lowest BCUT2D eigenvalue weighted by molar-refractivity contribution is 0.332. The van der Waals surface area contributed by atoms with Gasteiger partial charge in [-0.3, -0.25) is 0 Å². The molecular weight excluding hydrogens is 838 g/mol. The van der Waals surface area contributed by atoms with Crippen molar-refractivity contribution >= 4 is 96.2 Å². The van der Waals surface area contributed by atoms with E-state index in [0.29, 0.717) is 0 Å². The largest absolute Gasteiger partial charge is 0.454 e. The van der Waals surface area contributed by atoms with Crippen molar-refractivity contribution in [1.29, 1.82) is 0 Å². The lowest BCUT2D eigenvalue weighted by Crippen LogP contribution is -2.61. The molecule has 1 aromatic heterocycles. The molecule has 0 bridgehead atoms. The standard InChI is InChI=1S/C64H60BN3O/c1-40-33-56-59-57(34-40)68(53-25-18-24-46-45-23-16-17-26-58(45)69-60(46)53)54-36-44(66(41-19-12-10-13-20-41)42-21-14-11-15-22-42)28-30-51(54)65(59)52-37-49-50(64(8,9)39-63(49,6)7)38-55(52)67(56)43-27-29-47-48(35-43)62(4,5)32-31-61(47,2)3/h10-30,33-38H,31-32,39H2,1-9H3. The van der Waals surface area contributed by atoms with Crippen LogP contribution in [0.3, 0.4) is 0 Å². The molecule has 0 amide bonds. The third kappa shape index (κ3) is 6.21. The summed E-state index contributed by atoms with van der Waals surface area (Å²) in [6, 6.07) is 61.6. The van der Waals surface area contributed by atoms with E-state index in [1.165, 1.54) is 79.8 Å². The van der Waals surface area contributed by atoms with E-state index in [1.54, 1.807) is 0 Å². The lowest BCUT2D eigenvalue weighted by Gasteiger charge is -2.46. The van der Waals surface area contributed by atoms with Gasteiger partial charge in [0.05, 0.1) is 5.69 Å². The highest BCUT2D eigenvalue weighted by Gasteiger charge is 2.49. The van der Waals surface area contributed by atoms with E-state index in [0.717, 1.165) is 56.8 Å². The van der Waals surface area contributed by atoms with Crippen molar-refractivity contribution in [2.75, 3.05) is 14.7 Å². The summed E-state index contributed by atoms with van der Waals surface area (Å²) >= 11 is 0. The molecule has 340 valence electrons. The molecule has 0 saturated carbocycles. The summed E-state index contributed by atoms with van der Waals surface area (Å²) in [5, 5.41) is 2.24. The third-order valence-corrected chi connectivity index (χ3v) is 16.7. The van der Waals surface area contributed by atoms with E-state index in [-0.39, 0.29) is 28.4 Å². The van der Waals surface area contributed by atoms with Crippen molar-refractivity contribution < 1.29 is 4.42 Å². The van der Waals surface area contributed by atoms with Crippen LogP contribution < -0.4 is 31.1 Å². The zero-order valence-electron chi connectivity index (χ0n) is 41.5. The van der Waals surface area contributed by atoms with E-state index in [9.17, 15) is 0 Å². The zero-order chi connectivity index (χ0) is 47.4. The van der Waals surface area contributed by atoms with Gasteiger partial charge in [0.1, 0.15) is 5.58 Å². The first-order valence-electron chi connectivity index (χ1n) is 25.1. The molecule has 2 aliphatic carbocycles. The quantitative estimate of drug-likeness (QED) is 0.161. The predicted octanol–water partition coefficient (Wildman–Crippen LogP) is 15.8. The molecule has 4 nitrogen and oxygen atoms in total. The van der Waals surface area contributed by atoms with Gasteiger partial charge in [0.2, 0.25) is 0 Å². The predicted molar refractivity (Wildman–Crippen MR) is 293 cm³/mol. The highest BCUT2D eigenvalue weighted by molar-refractivity contribution is 7.00. The molecule has 5 heteroatoms. The van der Waals surface area contributed by atoms with Crippen molar-refractivity contribution in [2.24, 2.45) is 0 Å².